The Kier molecular flexibility index (Phi) is 9.14. The second kappa shape index (κ2) is 11.8. The van der Waals surface area contributed by atoms with E-state index in [1.54, 1.807) is 43.3 Å². The van der Waals surface area contributed by atoms with E-state index in [9.17, 15) is 14.9 Å². The van der Waals surface area contributed by atoms with Crippen molar-refractivity contribution in [1.82, 2.24) is 0 Å². The molecule has 2 N–H and O–H groups in total. The number of nitriles is 1. The molecule has 2 aromatic rings. The molecule has 0 aliphatic rings. The lowest BCUT2D eigenvalue weighted by molar-refractivity contribution is -0.139. The number of nitrogens with zero attached hydrogens (tertiary/aromatic N) is 1. The van der Waals surface area contributed by atoms with Gasteiger partial charge in [-0.25, -0.2) is 4.79 Å². The monoisotopic (exact) mass is 474 g/mol. The van der Waals surface area contributed by atoms with Gasteiger partial charge >= 0.3 is 5.97 Å². The van der Waals surface area contributed by atoms with Gasteiger partial charge in [0.15, 0.2) is 18.1 Å². The molecule has 0 saturated carbocycles. The minimum Gasteiger partial charge on any atom is -0.490 e. The fraction of sp³-hybridized carbons (Fsp3) is 0.174. The van der Waals surface area contributed by atoms with Crippen LogP contribution in [0.1, 0.15) is 18.1 Å². The Bertz CT molecular complexity index is 1110. The molecule has 0 aromatic heterocycles. The molecule has 0 saturated heterocycles. The van der Waals surface area contributed by atoms with Crippen molar-refractivity contribution in [1.29, 1.82) is 5.26 Å². The van der Waals surface area contributed by atoms with Gasteiger partial charge in [0.25, 0.3) is 5.91 Å². The van der Waals surface area contributed by atoms with Gasteiger partial charge in [-0.05, 0) is 49.2 Å². The summed E-state index contributed by atoms with van der Waals surface area (Å²) in [6, 6.07) is 9.84. The van der Waals surface area contributed by atoms with Crippen molar-refractivity contribution in [3.05, 3.63) is 69.7 Å². The summed E-state index contributed by atoms with van der Waals surface area (Å²) in [5.41, 5.74) is 1.16. The number of allylic oxidation sites excluding steroid dienone is 1. The number of anilines is 1. The lowest BCUT2D eigenvalue weighted by Gasteiger charge is -2.16. The van der Waals surface area contributed by atoms with Crippen LogP contribution < -0.4 is 14.8 Å². The van der Waals surface area contributed by atoms with E-state index in [1.807, 2.05) is 6.07 Å². The molecule has 0 fully saturated rings. The minimum atomic E-state index is -1.14. The van der Waals surface area contributed by atoms with Gasteiger partial charge in [0.1, 0.15) is 11.6 Å². The van der Waals surface area contributed by atoms with Crippen molar-refractivity contribution in [3.63, 3.8) is 0 Å². The summed E-state index contributed by atoms with van der Waals surface area (Å²) in [6.45, 7) is 5.21. The molecule has 7 nitrogen and oxygen atoms in total. The Labute approximate surface area is 195 Å². The smallest absolute Gasteiger partial charge is 0.341 e. The summed E-state index contributed by atoms with van der Waals surface area (Å²) in [5.74, 6) is -1.26. The average Bonchev–Trinajstić information content (AvgIpc) is 2.75. The molecule has 0 atom stereocenters. The number of hydrogen-bond donors (Lipinski definition) is 2. The second-order valence-electron chi connectivity index (χ2n) is 6.34. The summed E-state index contributed by atoms with van der Waals surface area (Å²) in [5, 5.41) is 21.5. The maximum absolute atomic E-state index is 12.6. The number of hydrogen-bond acceptors (Lipinski definition) is 5. The van der Waals surface area contributed by atoms with Crippen LogP contribution in [0.3, 0.4) is 0 Å². The molecular formula is C23H20Cl2N2O5. The maximum atomic E-state index is 12.6. The highest BCUT2D eigenvalue weighted by atomic mass is 35.5. The molecule has 9 heteroatoms. The van der Waals surface area contributed by atoms with Crippen molar-refractivity contribution in [2.75, 3.05) is 18.5 Å². The lowest BCUT2D eigenvalue weighted by atomic mass is 10.0. The van der Waals surface area contributed by atoms with Crippen LogP contribution in [0.4, 0.5) is 5.69 Å². The molecule has 0 spiro atoms. The number of ether oxygens (including phenoxy) is 2. The van der Waals surface area contributed by atoms with E-state index in [1.165, 1.54) is 6.08 Å². The number of carbonyl (C=O) groups excluding carboxylic acids is 1. The Morgan fingerprint density at radius 2 is 2.03 bits per heavy atom. The Hall–Kier alpha value is -3.47. The topological polar surface area (TPSA) is 109 Å². The molecule has 0 aliphatic carbocycles. The highest BCUT2D eigenvalue weighted by molar-refractivity contribution is 6.44. The molecular weight excluding hydrogens is 455 g/mol. The summed E-state index contributed by atoms with van der Waals surface area (Å²) in [6.07, 6.45) is 3.35. The Morgan fingerprint density at radius 1 is 1.28 bits per heavy atom. The van der Waals surface area contributed by atoms with Crippen LogP contribution in [0.25, 0.3) is 6.08 Å². The number of aliphatic carboxylic acids is 1. The van der Waals surface area contributed by atoms with Crippen LogP contribution >= 0.6 is 23.2 Å². The van der Waals surface area contributed by atoms with Crippen molar-refractivity contribution in [3.8, 4) is 17.6 Å². The highest BCUT2D eigenvalue weighted by Crippen LogP contribution is 2.35. The number of rotatable bonds is 10. The normalized spacial score (nSPS) is 10.8. The van der Waals surface area contributed by atoms with Crippen molar-refractivity contribution < 1.29 is 24.2 Å². The van der Waals surface area contributed by atoms with Crippen molar-refractivity contribution in [2.45, 2.75) is 13.3 Å². The number of benzene rings is 2. The highest BCUT2D eigenvalue weighted by Gasteiger charge is 2.17. The van der Waals surface area contributed by atoms with Crippen LogP contribution in [0.2, 0.25) is 10.0 Å². The summed E-state index contributed by atoms with van der Waals surface area (Å²) >= 11 is 12.1. The molecule has 0 unspecified atom stereocenters. The molecule has 2 aromatic carbocycles. The number of carbonyl (C=O) groups is 2. The van der Waals surface area contributed by atoms with Crippen LogP contribution in [0.15, 0.2) is 48.6 Å². The molecule has 2 rings (SSSR count). The number of carboxylic acids is 1. The fourth-order valence-corrected chi connectivity index (χ4v) is 3.09. The van der Waals surface area contributed by atoms with Gasteiger partial charge in [0, 0.05) is 5.56 Å². The van der Waals surface area contributed by atoms with Gasteiger partial charge in [-0.2, -0.15) is 5.26 Å². The second-order valence-corrected chi connectivity index (χ2v) is 7.13. The first-order valence-corrected chi connectivity index (χ1v) is 10.2. The molecule has 1 amide bonds. The quantitative estimate of drug-likeness (QED) is 0.280. The zero-order chi connectivity index (χ0) is 23.7. The molecule has 0 bridgehead atoms. The largest absolute Gasteiger partial charge is 0.490 e. The predicted octanol–water partition coefficient (Wildman–Crippen LogP) is 5.13. The summed E-state index contributed by atoms with van der Waals surface area (Å²) in [4.78, 5) is 23.6. The predicted molar refractivity (Wildman–Crippen MR) is 123 cm³/mol. The number of carboxylic acid groups (broad SMARTS) is 1. The van der Waals surface area contributed by atoms with Crippen molar-refractivity contribution in [2.24, 2.45) is 0 Å². The Balaban J connectivity index is 2.45. The van der Waals surface area contributed by atoms with Gasteiger partial charge in [-0.3, -0.25) is 4.79 Å². The molecule has 0 aliphatic heterocycles. The first-order valence-electron chi connectivity index (χ1n) is 9.43. The fourth-order valence-electron chi connectivity index (χ4n) is 2.74. The molecule has 32 heavy (non-hydrogen) atoms. The number of nitrogens with one attached hydrogen (secondary N) is 1. The van der Waals surface area contributed by atoms with E-state index in [4.69, 9.17) is 37.8 Å². The van der Waals surface area contributed by atoms with E-state index >= 15 is 0 Å². The summed E-state index contributed by atoms with van der Waals surface area (Å²) < 4.78 is 11.0. The third kappa shape index (κ3) is 6.51. The first-order chi connectivity index (χ1) is 15.3. The zero-order valence-electron chi connectivity index (χ0n) is 17.2. The van der Waals surface area contributed by atoms with E-state index in [-0.39, 0.29) is 32.8 Å². The first kappa shape index (κ1) is 24.8. The molecule has 166 valence electrons. The maximum Gasteiger partial charge on any atom is 0.341 e. The zero-order valence-corrected chi connectivity index (χ0v) is 18.7. The van der Waals surface area contributed by atoms with E-state index in [0.29, 0.717) is 24.2 Å². The van der Waals surface area contributed by atoms with Crippen LogP contribution in [0.5, 0.6) is 11.5 Å². The van der Waals surface area contributed by atoms with Crippen molar-refractivity contribution >= 4 is 46.8 Å². The SMILES string of the molecule is C=CCc1cc(/C=C(/C#N)C(=O)Nc2cccc(Cl)c2Cl)cc(OCC)c1OCC(=O)O. The van der Waals surface area contributed by atoms with E-state index in [0.717, 1.165) is 0 Å². The Morgan fingerprint density at radius 3 is 2.66 bits per heavy atom. The van der Waals surface area contributed by atoms with Gasteiger partial charge in [0.05, 0.1) is 22.3 Å². The van der Waals surface area contributed by atoms with Gasteiger partial charge in [-0.1, -0.05) is 35.3 Å². The van der Waals surface area contributed by atoms with Gasteiger partial charge < -0.3 is 19.9 Å². The van der Waals surface area contributed by atoms with Crippen LogP contribution in [0, 0.1) is 11.3 Å². The van der Waals surface area contributed by atoms with Crippen LogP contribution in [-0.2, 0) is 16.0 Å². The third-order valence-corrected chi connectivity index (χ3v) is 4.85. The standard InChI is InChI=1S/C23H20Cl2N2O5/c1-3-6-15-9-14(11-19(31-4-2)22(15)32-13-20(28)29)10-16(12-26)23(30)27-18-8-5-7-17(24)21(18)25/h3,5,7-11H,1,4,6,13H2,2H3,(H,27,30)(H,28,29)/b16-10-. The average molecular weight is 475 g/mol. The van der Waals surface area contributed by atoms with Gasteiger partial charge in [-0.15, -0.1) is 6.58 Å². The van der Waals surface area contributed by atoms with Gasteiger partial charge in [0.2, 0.25) is 0 Å². The number of amides is 1. The molecule has 0 radical (unpaired) electrons. The minimum absolute atomic E-state index is 0.159. The van der Waals surface area contributed by atoms with E-state index < -0.39 is 18.5 Å². The number of halogens is 2. The van der Waals surface area contributed by atoms with E-state index in [2.05, 4.69) is 11.9 Å². The third-order valence-electron chi connectivity index (χ3n) is 4.03. The van der Waals surface area contributed by atoms with Crippen LogP contribution in [-0.4, -0.2) is 30.2 Å². The molecule has 0 heterocycles. The summed E-state index contributed by atoms with van der Waals surface area (Å²) in [7, 11) is 0. The lowest BCUT2D eigenvalue weighted by Crippen LogP contribution is -2.14.